The minimum Gasteiger partial charge on any atom is -0.465 e. The number of nitrogens with one attached hydrogen (secondary N) is 4. The Morgan fingerprint density at radius 2 is 1.54 bits per heavy atom. The summed E-state index contributed by atoms with van der Waals surface area (Å²) in [5.41, 5.74) is 6.35. The summed E-state index contributed by atoms with van der Waals surface area (Å²) < 4.78 is 5.52. The molecule has 294 valence electrons. The van der Waals surface area contributed by atoms with Gasteiger partial charge in [0.1, 0.15) is 17.7 Å². The maximum Gasteiger partial charge on any atom is 0.405 e. The average molecular weight is 819 g/mol. The fourth-order valence-electron chi connectivity index (χ4n) is 9.69. The summed E-state index contributed by atoms with van der Waals surface area (Å²) in [4.78, 5) is 44.9. The highest BCUT2D eigenvalue weighted by molar-refractivity contribution is 6.05. The summed E-state index contributed by atoms with van der Waals surface area (Å²) >= 11 is 0. The van der Waals surface area contributed by atoms with E-state index in [0.29, 0.717) is 38.0 Å². The molecule has 4 aliphatic rings. The molecule has 5 atom stereocenters. The molecule has 14 heteroatoms. The number of H-pyrrole nitrogens is 2. The van der Waals surface area contributed by atoms with Gasteiger partial charge in [-0.1, -0.05) is 42.5 Å². The highest BCUT2D eigenvalue weighted by Crippen LogP contribution is 2.50. The Morgan fingerprint density at radius 1 is 0.821 bits per heavy atom. The molecule has 4 aromatic carbocycles. The molecular weight excluding hydrogens is 773 g/mol. The zero-order valence-corrected chi connectivity index (χ0v) is 33.2. The molecule has 11 nitrogen and oxygen atoms in total. The second kappa shape index (κ2) is 16.2. The Labute approximate surface area is 343 Å². The maximum absolute atomic E-state index is 14.2. The summed E-state index contributed by atoms with van der Waals surface area (Å²) in [7, 11) is 0. The van der Waals surface area contributed by atoms with Gasteiger partial charge in [-0.3, -0.25) is 4.79 Å². The molecule has 2 amide bonds. The Hall–Kier alpha value is -4.39. The van der Waals surface area contributed by atoms with Crippen molar-refractivity contribution < 1.29 is 19.4 Å². The molecule has 5 heterocycles. The van der Waals surface area contributed by atoms with Crippen LogP contribution < -0.4 is 10.6 Å². The number of rotatable bonds is 7. The van der Waals surface area contributed by atoms with E-state index >= 15 is 0 Å². The van der Waals surface area contributed by atoms with Gasteiger partial charge in [0.15, 0.2) is 0 Å². The fraction of sp³-hybridized carbons (Fsp3) is 0.381. The molecule has 3 saturated heterocycles. The molecule has 4 fully saturated rings. The third-order valence-corrected chi connectivity index (χ3v) is 12.4. The van der Waals surface area contributed by atoms with Crippen LogP contribution in [0.2, 0.25) is 0 Å². The molecule has 3 aliphatic heterocycles. The van der Waals surface area contributed by atoms with Crippen molar-refractivity contribution in [2.24, 2.45) is 11.8 Å². The zero-order valence-electron chi connectivity index (χ0n) is 30.7. The third-order valence-electron chi connectivity index (χ3n) is 12.4. The second-order valence-electron chi connectivity index (χ2n) is 15.4. The molecule has 1 aliphatic carbocycles. The number of aromatic amines is 2. The number of piperidine rings is 1. The molecule has 0 spiro atoms. The van der Waals surface area contributed by atoms with Gasteiger partial charge in [-0.25, -0.2) is 14.8 Å². The van der Waals surface area contributed by atoms with Gasteiger partial charge >= 0.3 is 6.09 Å². The van der Waals surface area contributed by atoms with E-state index in [1.165, 1.54) is 11.8 Å². The third kappa shape index (κ3) is 7.09. The van der Waals surface area contributed by atoms with Gasteiger partial charge in [-0.05, 0) is 115 Å². The molecule has 2 bridgehead atoms. The van der Waals surface area contributed by atoms with E-state index in [4.69, 9.17) is 14.7 Å². The van der Waals surface area contributed by atoms with Crippen LogP contribution in [-0.2, 0) is 9.53 Å². The number of ether oxygens (including phenoxy) is 1. The van der Waals surface area contributed by atoms with E-state index in [9.17, 15) is 14.7 Å². The van der Waals surface area contributed by atoms with Crippen molar-refractivity contribution in [1.29, 1.82) is 0 Å². The van der Waals surface area contributed by atoms with E-state index in [2.05, 4.69) is 87.3 Å². The molecule has 5 N–H and O–H groups in total. The first-order chi connectivity index (χ1) is 26.0. The lowest BCUT2D eigenvalue weighted by Crippen LogP contribution is -2.55. The van der Waals surface area contributed by atoms with Gasteiger partial charge in [-0.2, -0.15) is 0 Å². The first-order valence-electron chi connectivity index (χ1n) is 19.1. The van der Waals surface area contributed by atoms with Crippen LogP contribution in [0.1, 0.15) is 68.7 Å². The van der Waals surface area contributed by atoms with Crippen molar-refractivity contribution in [2.75, 3.05) is 19.8 Å². The van der Waals surface area contributed by atoms with Crippen LogP contribution in [0.25, 0.3) is 55.0 Å². The molecule has 0 radical (unpaired) electrons. The van der Waals surface area contributed by atoms with Crippen LogP contribution in [-0.4, -0.2) is 73.8 Å². The number of amides is 2. The van der Waals surface area contributed by atoms with Crippen molar-refractivity contribution in [3.05, 3.63) is 84.6 Å². The first-order valence-corrected chi connectivity index (χ1v) is 19.1. The molecule has 2 aromatic heterocycles. The maximum atomic E-state index is 14.2. The van der Waals surface area contributed by atoms with Crippen LogP contribution in [0.3, 0.4) is 0 Å². The van der Waals surface area contributed by atoms with E-state index in [0.717, 1.165) is 93.5 Å². The number of benzene rings is 4. The summed E-state index contributed by atoms with van der Waals surface area (Å²) in [5, 5.41) is 20.4. The van der Waals surface area contributed by atoms with Crippen LogP contribution in [0.15, 0.2) is 72.9 Å². The normalized spacial score (nSPS) is 22.5. The SMILES string of the molecule is Cl.Cl.Cl.O=C(O)N[C@H](C(=O)N1[C@@H]2CC[C@@H](C2)[C@H]1c1ncc(-c2ccc3cc(-c4ccc5c(ccc6[nH]c([C@@H]7CCCN7)nc65)c4)ccc3c2)[nH]1)C1CCOCC1. The smallest absolute Gasteiger partial charge is 0.405 e. The number of carboxylic acid groups (broad SMARTS) is 1. The van der Waals surface area contributed by atoms with Crippen LogP contribution in [0.4, 0.5) is 4.79 Å². The van der Waals surface area contributed by atoms with Crippen molar-refractivity contribution in [3.63, 3.8) is 0 Å². The molecule has 56 heavy (non-hydrogen) atoms. The molecule has 6 aromatic rings. The molecule has 0 unspecified atom stereocenters. The predicted molar refractivity (Wildman–Crippen MR) is 225 cm³/mol. The Balaban J connectivity index is 0.00000160. The molecule has 10 rings (SSSR count). The van der Waals surface area contributed by atoms with E-state index in [1.807, 2.05) is 11.1 Å². The number of fused-ring (bicyclic) bond motifs is 6. The summed E-state index contributed by atoms with van der Waals surface area (Å²) in [6.45, 7) is 2.12. The van der Waals surface area contributed by atoms with Crippen LogP contribution in [0, 0.1) is 11.8 Å². The van der Waals surface area contributed by atoms with E-state index in [1.54, 1.807) is 0 Å². The van der Waals surface area contributed by atoms with Crippen LogP contribution >= 0.6 is 37.2 Å². The standard InChI is InChI=1S/C42H43N7O4.3ClH/c50-41(36(48-42(51)52)23-13-16-53-17-14-23)49-31-10-7-30(21-31)38(49)40-44-22-35(46-40)29-6-5-25-18-24(3-4-26(25)20-29)27-8-11-32-28(19-27)9-12-33-37(32)47-39(45-33)34-2-1-15-43-34;;;/h3-6,8-9,11-12,18-20,22-23,30-31,34,36,38,43,48H,1-2,7,10,13-17,21H2,(H,44,46)(H,45,47)(H,51,52);3*1H/t30-,31+,34-,36-,38-;;;/m0.../s1. The topological polar surface area (TPSA) is 148 Å². The quantitative estimate of drug-likeness (QED) is 0.108. The largest absolute Gasteiger partial charge is 0.465 e. The number of hydrogen-bond donors (Lipinski definition) is 5. The second-order valence-corrected chi connectivity index (χ2v) is 15.4. The Bertz CT molecular complexity index is 2390. The molecular formula is C42H46Cl3N7O4. The Kier molecular flexibility index (Phi) is 11.5. The summed E-state index contributed by atoms with van der Waals surface area (Å²) in [5.74, 6) is 1.88. The number of carbonyl (C=O) groups is 2. The van der Waals surface area contributed by atoms with Gasteiger partial charge in [-0.15, -0.1) is 37.2 Å². The fourth-order valence-corrected chi connectivity index (χ4v) is 9.69. The number of carbonyl (C=O) groups excluding carboxylic acids is 1. The number of nitrogens with zero attached hydrogens (tertiary/aromatic N) is 3. The van der Waals surface area contributed by atoms with E-state index in [-0.39, 0.29) is 61.1 Å². The minimum atomic E-state index is -1.17. The van der Waals surface area contributed by atoms with Gasteiger partial charge in [0.25, 0.3) is 0 Å². The summed E-state index contributed by atoms with van der Waals surface area (Å²) in [6, 6.07) is 23.4. The average Bonchev–Trinajstić information content (AvgIpc) is 4.04. The highest BCUT2D eigenvalue weighted by Gasteiger charge is 2.52. The van der Waals surface area contributed by atoms with Crippen molar-refractivity contribution in [2.45, 2.75) is 69.1 Å². The number of imidazole rings is 2. The van der Waals surface area contributed by atoms with Crippen molar-refractivity contribution in [3.8, 4) is 22.4 Å². The summed E-state index contributed by atoms with van der Waals surface area (Å²) in [6.07, 6.45) is 7.20. The Morgan fingerprint density at radius 3 is 2.29 bits per heavy atom. The lowest BCUT2D eigenvalue weighted by atomic mass is 9.89. The lowest BCUT2D eigenvalue weighted by molar-refractivity contribution is -0.140. The van der Waals surface area contributed by atoms with Crippen molar-refractivity contribution in [1.82, 2.24) is 35.5 Å². The monoisotopic (exact) mass is 817 g/mol. The van der Waals surface area contributed by atoms with Gasteiger partial charge in [0.2, 0.25) is 5.91 Å². The van der Waals surface area contributed by atoms with Crippen molar-refractivity contribution >= 4 is 81.8 Å². The zero-order chi connectivity index (χ0) is 35.6. The van der Waals surface area contributed by atoms with Gasteiger partial charge in [0.05, 0.1) is 35.0 Å². The first kappa shape index (κ1) is 39.8. The minimum absolute atomic E-state index is 0. The van der Waals surface area contributed by atoms with E-state index < -0.39 is 12.1 Å². The number of likely N-dealkylation sites (tertiary alicyclic amines) is 1. The highest BCUT2D eigenvalue weighted by atomic mass is 35.5. The van der Waals surface area contributed by atoms with Gasteiger partial charge < -0.3 is 35.3 Å². The number of halogens is 3. The predicted octanol–water partition coefficient (Wildman–Crippen LogP) is 8.73. The van der Waals surface area contributed by atoms with Crippen LogP contribution in [0.5, 0.6) is 0 Å². The number of aromatic nitrogens is 4. The lowest BCUT2D eigenvalue weighted by Gasteiger charge is -2.39. The number of hydrogen-bond acceptors (Lipinski definition) is 6. The molecule has 1 saturated carbocycles. The van der Waals surface area contributed by atoms with Gasteiger partial charge in [0, 0.05) is 30.2 Å².